The van der Waals surface area contributed by atoms with Gasteiger partial charge in [-0.1, -0.05) is 19.1 Å². The maximum absolute atomic E-state index is 13.2. The zero-order valence-electron chi connectivity index (χ0n) is 10.7. The van der Waals surface area contributed by atoms with Crippen molar-refractivity contribution in [2.45, 2.75) is 19.8 Å². The lowest BCUT2D eigenvalue weighted by molar-refractivity contribution is 0.230. The summed E-state index contributed by atoms with van der Waals surface area (Å²) in [6.45, 7) is 9.50. The first-order valence-corrected chi connectivity index (χ1v) is 6.36. The third-order valence-corrected chi connectivity index (χ3v) is 3.49. The van der Waals surface area contributed by atoms with Gasteiger partial charge in [-0.05, 0) is 30.0 Å². The van der Waals surface area contributed by atoms with Crippen LogP contribution in [0.3, 0.4) is 0 Å². The summed E-state index contributed by atoms with van der Waals surface area (Å²) in [5, 5.41) is 3.35. The third-order valence-electron chi connectivity index (χ3n) is 3.49. The molecule has 3 heteroatoms. The van der Waals surface area contributed by atoms with E-state index < -0.39 is 0 Å². The van der Waals surface area contributed by atoms with Crippen molar-refractivity contribution in [3.05, 3.63) is 35.1 Å². The molecule has 0 aromatic heterocycles. The number of nitrogens with one attached hydrogen (secondary N) is 1. The summed E-state index contributed by atoms with van der Waals surface area (Å²) in [5.74, 6) is 0.357. The lowest BCUT2D eigenvalue weighted by atomic mass is 9.98. The second-order valence-corrected chi connectivity index (χ2v) is 4.96. The molecule has 1 aliphatic rings. The summed E-state index contributed by atoms with van der Waals surface area (Å²) >= 11 is 0. The smallest absolute Gasteiger partial charge is 0.126 e. The minimum absolute atomic E-state index is 0.108. The molecule has 0 aliphatic carbocycles. The molecule has 1 aromatic carbocycles. The largest absolute Gasteiger partial charge is 0.314 e. The number of halogens is 1. The molecule has 0 bridgehead atoms. The highest BCUT2D eigenvalue weighted by Gasteiger charge is 2.14. The van der Waals surface area contributed by atoms with Crippen molar-refractivity contribution in [1.82, 2.24) is 10.2 Å². The summed E-state index contributed by atoms with van der Waals surface area (Å²) in [4.78, 5) is 2.47. The van der Waals surface area contributed by atoms with Crippen molar-refractivity contribution >= 4 is 0 Å². The third kappa shape index (κ3) is 3.27. The van der Waals surface area contributed by atoms with Crippen LogP contribution in [-0.2, 0) is 0 Å². The van der Waals surface area contributed by atoms with Crippen LogP contribution in [0.25, 0.3) is 0 Å². The van der Waals surface area contributed by atoms with E-state index in [1.54, 1.807) is 6.07 Å². The molecule has 2 nitrogen and oxygen atoms in total. The average molecular weight is 236 g/mol. The van der Waals surface area contributed by atoms with Gasteiger partial charge in [-0.3, -0.25) is 0 Å². The Morgan fingerprint density at radius 2 is 2.06 bits per heavy atom. The molecule has 17 heavy (non-hydrogen) atoms. The van der Waals surface area contributed by atoms with E-state index in [4.69, 9.17) is 0 Å². The number of piperazine rings is 1. The van der Waals surface area contributed by atoms with Crippen molar-refractivity contribution in [1.29, 1.82) is 0 Å². The second kappa shape index (κ2) is 5.61. The van der Waals surface area contributed by atoms with Gasteiger partial charge < -0.3 is 10.2 Å². The minimum Gasteiger partial charge on any atom is -0.314 e. The molecule has 94 valence electrons. The summed E-state index contributed by atoms with van der Waals surface area (Å²) in [5.41, 5.74) is 1.98. The fourth-order valence-electron chi connectivity index (χ4n) is 2.36. The number of hydrogen-bond donors (Lipinski definition) is 1. The Labute approximate surface area is 103 Å². The summed E-state index contributed by atoms with van der Waals surface area (Å²) < 4.78 is 13.2. The van der Waals surface area contributed by atoms with E-state index in [0.29, 0.717) is 5.92 Å². The summed E-state index contributed by atoms with van der Waals surface area (Å²) in [6, 6.07) is 5.47. The maximum atomic E-state index is 13.2. The Bertz CT molecular complexity index is 372. The van der Waals surface area contributed by atoms with Gasteiger partial charge in [-0.2, -0.15) is 0 Å². The molecule has 0 saturated carbocycles. The van der Waals surface area contributed by atoms with Crippen LogP contribution in [0.5, 0.6) is 0 Å². The number of hydrogen-bond acceptors (Lipinski definition) is 2. The first-order chi connectivity index (χ1) is 8.16. The monoisotopic (exact) mass is 236 g/mol. The Morgan fingerprint density at radius 1 is 1.35 bits per heavy atom. The van der Waals surface area contributed by atoms with E-state index in [9.17, 15) is 4.39 Å². The van der Waals surface area contributed by atoms with Crippen LogP contribution in [0.4, 0.5) is 4.39 Å². The van der Waals surface area contributed by atoms with Gasteiger partial charge in [0.25, 0.3) is 0 Å². The molecule has 1 aliphatic heterocycles. The molecule has 1 atom stereocenters. The highest BCUT2D eigenvalue weighted by Crippen LogP contribution is 2.19. The molecular formula is C14H21FN2. The van der Waals surface area contributed by atoms with Crippen LogP contribution in [0.2, 0.25) is 0 Å². The van der Waals surface area contributed by atoms with Gasteiger partial charge in [0.05, 0.1) is 0 Å². The van der Waals surface area contributed by atoms with Crippen molar-refractivity contribution in [3.8, 4) is 0 Å². The second-order valence-electron chi connectivity index (χ2n) is 4.96. The fourth-order valence-corrected chi connectivity index (χ4v) is 2.36. The predicted molar refractivity (Wildman–Crippen MR) is 68.9 cm³/mol. The van der Waals surface area contributed by atoms with Crippen LogP contribution in [-0.4, -0.2) is 37.6 Å². The molecule has 1 saturated heterocycles. The summed E-state index contributed by atoms with van der Waals surface area (Å²) in [6.07, 6.45) is 0. The van der Waals surface area contributed by atoms with Crippen molar-refractivity contribution in [2.24, 2.45) is 0 Å². The lowest BCUT2D eigenvalue weighted by Gasteiger charge is -2.29. The Kier molecular flexibility index (Phi) is 4.13. The topological polar surface area (TPSA) is 15.3 Å². The summed E-state index contributed by atoms with van der Waals surface area (Å²) in [7, 11) is 0. The Balaban J connectivity index is 1.98. The van der Waals surface area contributed by atoms with Gasteiger partial charge in [0.1, 0.15) is 5.82 Å². The van der Waals surface area contributed by atoms with E-state index in [1.165, 1.54) is 5.56 Å². The van der Waals surface area contributed by atoms with Crippen molar-refractivity contribution < 1.29 is 4.39 Å². The highest BCUT2D eigenvalue weighted by atomic mass is 19.1. The standard InChI is InChI=1S/C14H21FN2/c1-11-9-13(3-4-14(11)15)12(2)10-17-7-5-16-6-8-17/h3-4,9,12,16H,5-8,10H2,1-2H3. The highest BCUT2D eigenvalue weighted by molar-refractivity contribution is 5.26. The van der Waals surface area contributed by atoms with Gasteiger partial charge in [-0.25, -0.2) is 4.39 Å². The minimum atomic E-state index is -0.108. The van der Waals surface area contributed by atoms with E-state index in [0.717, 1.165) is 38.3 Å². The molecule has 0 spiro atoms. The first-order valence-electron chi connectivity index (χ1n) is 6.36. The van der Waals surface area contributed by atoms with Gasteiger partial charge in [0, 0.05) is 32.7 Å². The van der Waals surface area contributed by atoms with Gasteiger partial charge in [-0.15, -0.1) is 0 Å². The number of nitrogens with zero attached hydrogens (tertiary/aromatic N) is 1. The molecule has 1 aromatic rings. The fraction of sp³-hybridized carbons (Fsp3) is 0.571. The first kappa shape index (κ1) is 12.5. The van der Waals surface area contributed by atoms with E-state index >= 15 is 0 Å². The SMILES string of the molecule is Cc1cc(C(C)CN2CCNCC2)ccc1F. The lowest BCUT2D eigenvalue weighted by Crippen LogP contribution is -2.44. The Morgan fingerprint density at radius 3 is 2.71 bits per heavy atom. The van der Waals surface area contributed by atoms with Crippen LogP contribution < -0.4 is 5.32 Å². The molecule has 1 heterocycles. The number of aryl methyl sites for hydroxylation is 1. The molecular weight excluding hydrogens is 215 g/mol. The molecule has 0 amide bonds. The van der Waals surface area contributed by atoms with E-state index in [2.05, 4.69) is 17.1 Å². The van der Waals surface area contributed by atoms with Crippen molar-refractivity contribution in [3.63, 3.8) is 0 Å². The van der Waals surface area contributed by atoms with Crippen molar-refractivity contribution in [2.75, 3.05) is 32.7 Å². The molecule has 0 radical (unpaired) electrons. The molecule has 1 N–H and O–H groups in total. The molecule has 2 rings (SSSR count). The maximum Gasteiger partial charge on any atom is 0.126 e. The Hall–Kier alpha value is -0.930. The zero-order valence-corrected chi connectivity index (χ0v) is 10.7. The quantitative estimate of drug-likeness (QED) is 0.865. The molecule has 1 fully saturated rings. The zero-order chi connectivity index (χ0) is 12.3. The predicted octanol–water partition coefficient (Wildman–Crippen LogP) is 2.14. The van der Waals surface area contributed by atoms with E-state index in [-0.39, 0.29) is 5.82 Å². The number of benzene rings is 1. The normalized spacial score (nSPS) is 19.2. The van der Waals surface area contributed by atoms with Gasteiger partial charge in [0.2, 0.25) is 0 Å². The van der Waals surface area contributed by atoms with Gasteiger partial charge in [0.15, 0.2) is 0 Å². The van der Waals surface area contributed by atoms with Crippen LogP contribution >= 0.6 is 0 Å². The number of rotatable bonds is 3. The van der Waals surface area contributed by atoms with Crippen LogP contribution in [0, 0.1) is 12.7 Å². The van der Waals surface area contributed by atoms with Crippen LogP contribution in [0.1, 0.15) is 24.0 Å². The molecule has 1 unspecified atom stereocenters. The average Bonchev–Trinajstić information content (AvgIpc) is 2.34. The van der Waals surface area contributed by atoms with Gasteiger partial charge >= 0.3 is 0 Å². The van der Waals surface area contributed by atoms with Crippen LogP contribution in [0.15, 0.2) is 18.2 Å². The van der Waals surface area contributed by atoms with E-state index in [1.807, 2.05) is 19.1 Å².